The largest absolute Gasteiger partial charge is 0.376 e. The van der Waals surface area contributed by atoms with Gasteiger partial charge in [0.05, 0.1) is 6.10 Å². The van der Waals surface area contributed by atoms with E-state index in [0.29, 0.717) is 12.0 Å². The summed E-state index contributed by atoms with van der Waals surface area (Å²) in [5.41, 5.74) is 0.784. The van der Waals surface area contributed by atoms with Crippen molar-refractivity contribution in [1.82, 2.24) is 19.8 Å². The van der Waals surface area contributed by atoms with Crippen LogP contribution >= 0.6 is 0 Å². The molecule has 6 nitrogen and oxygen atoms in total. The van der Waals surface area contributed by atoms with Gasteiger partial charge in [-0.2, -0.15) is 4.52 Å². The third-order valence-corrected chi connectivity index (χ3v) is 3.34. The number of nitrogens with zero attached hydrogens (tertiary/aromatic N) is 4. The predicted molar refractivity (Wildman–Crippen MR) is 72.3 cm³/mol. The quantitative estimate of drug-likeness (QED) is 0.909. The van der Waals surface area contributed by atoms with Crippen molar-refractivity contribution in [1.29, 1.82) is 0 Å². The molecule has 0 unspecified atom stereocenters. The van der Waals surface area contributed by atoms with E-state index >= 15 is 0 Å². The van der Waals surface area contributed by atoms with Crippen LogP contribution in [0.1, 0.15) is 38.4 Å². The average molecular weight is 261 g/mol. The number of aromatic nitrogens is 4. The molecule has 0 radical (unpaired) electrons. The van der Waals surface area contributed by atoms with E-state index in [4.69, 9.17) is 4.74 Å². The maximum atomic E-state index is 5.59. The van der Waals surface area contributed by atoms with Crippen LogP contribution in [0.15, 0.2) is 12.1 Å². The molecule has 2 aromatic heterocycles. The summed E-state index contributed by atoms with van der Waals surface area (Å²) in [6, 6.07) is 3.87. The standard InChI is InChI=1S/C13H19N5O/c1-9(2)13-16-15-12-6-5-11(17-18(12)13)14-8-10-4-3-7-19-10/h5-6,9-10H,3-4,7-8H2,1-2H3,(H,14,17)/t10-/m1/s1. The number of hydrogen-bond donors (Lipinski definition) is 1. The van der Waals surface area contributed by atoms with Crippen LogP contribution in [-0.2, 0) is 4.74 Å². The second kappa shape index (κ2) is 5.13. The highest BCUT2D eigenvalue weighted by Gasteiger charge is 2.15. The van der Waals surface area contributed by atoms with Crippen LogP contribution in [0.5, 0.6) is 0 Å². The molecule has 0 amide bonds. The number of anilines is 1. The summed E-state index contributed by atoms with van der Waals surface area (Å²) >= 11 is 0. The predicted octanol–water partition coefficient (Wildman–Crippen LogP) is 1.84. The van der Waals surface area contributed by atoms with Crippen molar-refractivity contribution in [2.24, 2.45) is 0 Å². The first-order valence-corrected chi connectivity index (χ1v) is 6.82. The Morgan fingerprint density at radius 3 is 3.05 bits per heavy atom. The van der Waals surface area contributed by atoms with Gasteiger partial charge < -0.3 is 10.1 Å². The van der Waals surface area contributed by atoms with Gasteiger partial charge in [0.2, 0.25) is 0 Å². The first kappa shape index (κ1) is 12.3. The van der Waals surface area contributed by atoms with Crippen LogP contribution in [0.3, 0.4) is 0 Å². The van der Waals surface area contributed by atoms with E-state index in [1.165, 1.54) is 0 Å². The van der Waals surface area contributed by atoms with Crippen molar-refractivity contribution in [3.63, 3.8) is 0 Å². The molecule has 1 fully saturated rings. The highest BCUT2D eigenvalue weighted by molar-refractivity contribution is 5.44. The summed E-state index contributed by atoms with van der Waals surface area (Å²) in [5, 5.41) is 16.2. The van der Waals surface area contributed by atoms with Crippen molar-refractivity contribution in [3.05, 3.63) is 18.0 Å². The summed E-state index contributed by atoms with van der Waals surface area (Å²) < 4.78 is 7.40. The van der Waals surface area contributed by atoms with Crippen LogP contribution in [0.2, 0.25) is 0 Å². The van der Waals surface area contributed by atoms with E-state index in [1.807, 2.05) is 16.6 Å². The second-order valence-electron chi connectivity index (χ2n) is 5.22. The monoisotopic (exact) mass is 261 g/mol. The molecule has 1 N–H and O–H groups in total. The fourth-order valence-corrected chi connectivity index (χ4v) is 2.28. The Hall–Kier alpha value is -1.69. The molecular formula is C13H19N5O. The van der Waals surface area contributed by atoms with Crippen LogP contribution in [0, 0.1) is 0 Å². The average Bonchev–Trinajstić information content (AvgIpc) is 3.05. The van der Waals surface area contributed by atoms with Gasteiger partial charge in [-0.15, -0.1) is 15.3 Å². The van der Waals surface area contributed by atoms with Crippen molar-refractivity contribution >= 4 is 11.5 Å². The fraction of sp³-hybridized carbons (Fsp3) is 0.615. The Morgan fingerprint density at radius 1 is 1.42 bits per heavy atom. The summed E-state index contributed by atoms with van der Waals surface area (Å²) in [4.78, 5) is 0. The van der Waals surface area contributed by atoms with E-state index in [1.54, 1.807) is 0 Å². The first-order chi connectivity index (χ1) is 9.24. The van der Waals surface area contributed by atoms with Gasteiger partial charge in [0.15, 0.2) is 11.5 Å². The Morgan fingerprint density at radius 2 is 2.32 bits per heavy atom. The minimum atomic E-state index is 0.302. The minimum Gasteiger partial charge on any atom is -0.376 e. The number of fused-ring (bicyclic) bond motifs is 1. The minimum absolute atomic E-state index is 0.302. The smallest absolute Gasteiger partial charge is 0.178 e. The maximum absolute atomic E-state index is 5.59. The van der Waals surface area contributed by atoms with Gasteiger partial charge in [-0.1, -0.05) is 13.8 Å². The van der Waals surface area contributed by atoms with E-state index in [9.17, 15) is 0 Å². The molecule has 0 spiro atoms. The topological polar surface area (TPSA) is 64.3 Å². The third-order valence-electron chi connectivity index (χ3n) is 3.34. The van der Waals surface area contributed by atoms with E-state index in [-0.39, 0.29) is 0 Å². The van der Waals surface area contributed by atoms with Gasteiger partial charge in [-0.05, 0) is 25.0 Å². The van der Waals surface area contributed by atoms with Gasteiger partial charge in [0.25, 0.3) is 0 Å². The van der Waals surface area contributed by atoms with Crippen molar-refractivity contribution < 1.29 is 4.74 Å². The lowest BCUT2D eigenvalue weighted by Gasteiger charge is -2.11. The van der Waals surface area contributed by atoms with E-state index < -0.39 is 0 Å². The molecule has 1 aliphatic heterocycles. The van der Waals surface area contributed by atoms with Gasteiger partial charge in [0, 0.05) is 19.1 Å². The van der Waals surface area contributed by atoms with Gasteiger partial charge in [0.1, 0.15) is 5.82 Å². The third kappa shape index (κ3) is 2.53. The molecule has 0 bridgehead atoms. The number of rotatable bonds is 4. The van der Waals surface area contributed by atoms with Crippen molar-refractivity contribution in [3.8, 4) is 0 Å². The Labute approximate surface area is 112 Å². The Bertz CT molecular complexity index is 559. The molecule has 102 valence electrons. The molecule has 1 aliphatic rings. The zero-order valence-electron chi connectivity index (χ0n) is 11.3. The zero-order valence-corrected chi connectivity index (χ0v) is 11.3. The van der Waals surface area contributed by atoms with Crippen molar-refractivity contribution in [2.75, 3.05) is 18.5 Å². The molecule has 2 aromatic rings. The molecule has 6 heteroatoms. The van der Waals surface area contributed by atoms with Crippen LogP contribution in [0.4, 0.5) is 5.82 Å². The molecule has 1 atom stereocenters. The molecular weight excluding hydrogens is 242 g/mol. The zero-order chi connectivity index (χ0) is 13.2. The lowest BCUT2D eigenvalue weighted by atomic mass is 10.2. The summed E-state index contributed by atoms with van der Waals surface area (Å²) in [7, 11) is 0. The molecule has 19 heavy (non-hydrogen) atoms. The first-order valence-electron chi connectivity index (χ1n) is 6.82. The lowest BCUT2D eigenvalue weighted by Crippen LogP contribution is -2.19. The highest BCUT2D eigenvalue weighted by Crippen LogP contribution is 2.15. The van der Waals surface area contributed by atoms with Crippen LogP contribution in [-0.4, -0.2) is 39.1 Å². The van der Waals surface area contributed by atoms with E-state index in [2.05, 4.69) is 34.5 Å². The second-order valence-corrected chi connectivity index (χ2v) is 5.22. The normalized spacial score (nSPS) is 19.4. The molecule has 1 saturated heterocycles. The number of nitrogens with one attached hydrogen (secondary N) is 1. The summed E-state index contributed by atoms with van der Waals surface area (Å²) in [6.07, 6.45) is 2.59. The van der Waals surface area contributed by atoms with E-state index in [0.717, 1.165) is 43.3 Å². The van der Waals surface area contributed by atoms with Crippen LogP contribution in [0.25, 0.3) is 5.65 Å². The SMILES string of the molecule is CC(C)c1nnc2ccc(NC[C@H]3CCCO3)nn12. The van der Waals surface area contributed by atoms with Crippen LogP contribution < -0.4 is 5.32 Å². The molecule has 0 aliphatic carbocycles. The van der Waals surface area contributed by atoms with Gasteiger partial charge in [-0.3, -0.25) is 0 Å². The summed E-state index contributed by atoms with van der Waals surface area (Å²) in [5.74, 6) is 2.02. The highest BCUT2D eigenvalue weighted by atomic mass is 16.5. The summed E-state index contributed by atoms with van der Waals surface area (Å²) in [6.45, 7) is 5.86. The van der Waals surface area contributed by atoms with Gasteiger partial charge >= 0.3 is 0 Å². The molecule has 0 aromatic carbocycles. The number of ether oxygens (including phenoxy) is 1. The Balaban J connectivity index is 1.77. The molecule has 3 rings (SSSR count). The fourth-order valence-electron chi connectivity index (χ4n) is 2.28. The Kier molecular flexibility index (Phi) is 3.33. The van der Waals surface area contributed by atoms with Gasteiger partial charge in [-0.25, -0.2) is 0 Å². The maximum Gasteiger partial charge on any atom is 0.178 e. The lowest BCUT2D eigenvalue weighted by molar-refractivity contribution is 0.120. The van der Waals surface area contributed by atoms with Crippen molar-refractivity contribution in [2.45, 2.75) is 38.7 Å². The molecule has 3 heterocycles. The molecule has 0 saturated carbocycles. The number of hydrogen-bond acceptors (Lipinski definition) is 5.